The van der Waals surface area contributed by atoms with Crippen LogP contribution in [0.4, 0.5) is 4.39 Å². The van der Waals surface area contributed by atoms with Gasteiger partial charge in [0.05, 0.1) is 0 Å². The zero-order valence-electron chi connectivity index (χ0n) is 15.7. The molecule has 2 aromatic carbocycles. The van der Waals surface area contributed by atoms with Crippen LogP contribution in [0.1, 0.15) is 26.4 Å². The van der Waals surface area contributed by atoms with Crippen molar-refractivity contribution in [1.29, 1.82) is 0 Å². The van der Waals surface area contributed by atoms with Gasteiger partial charge >= 0.3 is 0 Å². The van der Waals surface area contributed by atoms with Crippen molar-refractivity contribution < 1.29 is 19.2 Å². The van der Waals surface area contributed by atoms with Gasteiger partial charge in [-0.3, -0.25) is 19.7 Å². The van der Waals surface area contributed by atoms with E-state index in [-0.39, 0.29) is 11.7 Å². The molecular weight excluding hydrogens is 375 g/mol. The van der Waals surface area contributed by atoms with Crippen molar-refractivity contribution in [1.82, 2.24) is 20.3 Å². The summed E-state index contributed by atoms with van der Waals surface area (Å²) >= 11 is 0. The van der Waals surface area contributed by atoms with Crippen molar-refractivity contribution >= 4 is 22.7 Å². The number of nitrogens with one attached hydrogen (secondary N) is 2. The van der Waals surface area contributed by atoms with Crippen LogP contribution >= 0.6 is 0 Å². The molecule has 2 heterocycles. The largest absolute Gasteiger partial charge is 0.351 e. The average Bonchev–Trinajstić information content (AvgIpc) is 3.17. The molecule has 150 valence electrons. The van der Waals surface area contributed by atoms with Gasteiger partial charge in [0.15, 0.2) is 0 Å². The van der Waals surface area contributed by atoms with Crippen molar-refractivity contribution in [3.8, 4) is 0 Å². The van der Waals surface area contributed by atoms with E-state index in [1.807, 2.05) is 12.1 Å². The second kappa shape index (κ2) is 8.02. The summed E-state index contributed by atoms with van der Waals surface area (Å²) < 4.78 is 13.4. The summed E-state index contributed by atoms with van der Waals surface area (Å²) in [6.07, 6.45) is 0. The SMILES string of the molecule is O=C(NO)c1ccc(CN2CCN(C(=O)c3cc4cc(F)ccc4[nH]3)CC2)cc1. The lowest BCUT2D eigenvalue weighted by Gasteiger charge is -2.34. The van der Waals surface area contributed by atoms with Crippen LogP contribution in [0.25, 0.3) is 10.9 Å². The number of H-pyrrole nitrogens is 1. The van der Waals surface area contributed by atoms with Gasteiger partial charge in [0.1, 0.15) is 11.5 Å². The summed E-state index contributed by atoms with van der Waals surface area (Å²) in [4.78, 5) is 31.3. The maximum absolute atomic E-state index is 13.4. The van der Waals surface area contributed by atoms with Gasteiger partial charge in [-0.25, -0.2) is 9.87 Å². The third-order valence-corrected chi connectivity index (χ3v) is 5.20. The maximum Gasteiger partial charge on any atom is 0.274 e. The Balaban J connectivity index is 1.34. The Morgan fingerprint density at radius 2 is 1.76 bits per heavy atom. The van der Waals surface area contributed by atoms with Crippen LogP contribution in [0.3, 0.4) is 0 Å². The van der Waals surface area contributed by atoms with E-state index in [1.54, 1.807) is 34.6 Å². The van der Waals surface area contributed by atoms with Crippen molar-refractivity contribution in [3.63, 3.8) is 0 Å². The fraction of sp³-hybridized carbons (Fsp3) is 0.238. The van der Waals surface area contributed by atoms with Gasteiger partial charge in [0, 0.05) is 49.2 Å². The molecule has 0 spiro atoms. The first kappa shape index (κ1) is 19.1. The molecule has 3 aromatic rings. The molecule has 2 amide bonds. The van der Waals surface area contributed by atoms with Crippen LogP contribution in [0.5, 0.6) is 0 Å². The van der Waals surface area contributed by atoms with Gasteiger partial charge in [-0.1, -0.05) is 12.1 Å². The molecule has 0 aliphatic carbocycles. The smallest absolute Gasteiger partial charge is 0.274 e. The third kappa shape index (κ3) is 4.13. The Labute approximate surface area is 166 Å². The average molecular weight is 396 g/mol. The predicted molar refractivity (Wildman–Crippen MR) is 105 cm³/mol. The third-order valence-electron chi connectivity index (χ3n) is 5.20. The molecule has 1 fully saturated rings. The molecule has 4 rings (SSSR count). The number of rotatable bonds is 4. The van der Waals surface area contributed by atoms with Crippen molar-refractivity contribution in [2.45, 2.75) is 6.54 Å². The van der Waals surface area contributed by atoms with Gasteiger partial charge < -0.3 is 9.88 Å². The number of carbonyl (C=O) groups is 2. The summed E-state index contributed by atoms with van der Waals surface area (Å²) in [6.45, 7) is 3.40. The summed E-state index contributed by atoms with van der Waals surface area (Å²) in [6, 6.07) is 13.1. The van der Waals surface area contributed by atoms with Crippen molar-refractivity contribution in [2.75, 3.05) is 26.2 Å². The Morgan fingerprint density at radius 1 is 1.03 bits per heavy atom. The minimum atomic E-state index is -0.539. The molecule has 1 aliphatic heterocycles. The summed E-state index contributed by atoms with van der Waals surface area (Å²) in [7, 11) is 0. The van der Waals surface area contributed by atoms with E-state index in [9.17, 15) is 14.0 Å². The molecule has 1 aromatic heterocycles. The quantitative estimate of drug-likeness (QED) is 0.467. The molecule has 1 saturated heterocycles. The molecule has 0 unspecified atom stereocenters. The van der Waals surface area contributed by atoms with Gasteiger partial charge in [-0.15, -0.1) is 0 Å². The van der Waals surface area contributed by atoms with E-state index in [1.165, 1.54) is 12.1 Å². The molecule has 7 nitrogen and oxygen atoms in total. The molecule has 0 saturated carbocycles. The lowest BCUT2D eigenvalue weighted by molar-refractivity contribution is 0.0623. The molecule has 3 N–H and O–H groups in total. The highest BCUT2D eigenvalue weighted by Crippen LogP contribution is 2.19. The van der Waals surface area contributed by atoms with E-state index in [0.29, 0.717) is 36.3 Å². The van der Waals surface area contributed by atoms with E-state index in [0.717, 1.165) is 24.2 Å². The zero-order valence-corrected chi connectivity index (χ0v) is 15.7. The highest BCUT2D eigenvalue weighted by atomic mass is 19.1. The fourth-order valence-corrected chi connectivity index (χ4v) is 3.58. The fourth-order valence-electron chi connectivity index (χ4n) is 3.58. The van der Waals surface area contributed by atoms with E-state index in [4.69, 9.17) is 5.21 Å². The molecular formula is C21H21FN4O3. The summed E-state index contributed by atoms with van der Waals surface area (Å²) in [5.41, 5.74) is 4.27. The number of hydrogen-bond acceptors (Lipinski definition) is 4. The Morgan fingerprint density at radius 3 is 2.45 bits per heavy atom. The Hall–Kier alpha value is -3.23. The second-order valence-electron chi connectivity index (χ2n) is 7.12. The van der Waals surface area contributed by atoms with Crippen molar-refractivity contribution in [3.05, 3.63) is 71.2 Å². The molecule has 0 atom stereocenters. The van der Waals surface area contributed by atoms with Gasteiger partial charge in [-0.2, -0.15) is 0 Å². The van der Waals surface area contributed by atoms with Crippen molar-refractivity contribution in [2.24, 2.45) is 0 Å². The van der Waals surface area contributed by atoms with E-state index >= 15 is 0 Å². The number of halogens is 1. The van der Waals surface area contributed by atoms with Crippen LogP contribution in [0.15, 0.2) is 48.5 Å². The number of hydrogen-bond donors (Lipinski definition) is 3. The van der Waals surface area contributed by atoms with E-state index in [2.05, 4.69) is 9.88 Å². The normalized spacial score (nSPS) is 14.9. The lowest BCUT2D eigenvalue weighted by Crippen LogP contribution is -2.48. The number of hydroxylamine groups is 1. The molecule has 0 bridgehead atoms. The Kier molecular flexibility index (Phi) is 5.28. The number of carbonyl (C=O) groups excluding carboxylic acids is 2. The first-order chi connectivity index (χ1) is 14.0. The highest BCUT2D eigenvalue weighted by molar-refractivity contribution is 5.98. The van der Waals surface area contributed by atoms with Crippen LogP contribution in [0.2, 0.25) is 0 Å². The first-order valence-corrected chi connectivity index (χ1v) is 9.37. The number of aromatic nitrogens is 1. The maximum atomic E-state index is 13.4. The molecule has 29 heavy (non-hydrogen) atoms. The molecule has 0 radical (unpaired) electrons. The predicted octanol–water partition coefficient (Wildman–Crippen LogP) is 2.38. The second-order valence-corrected chi connectivity index (χ2v) is 7.12. The zero-order chi connectivity index (χ0) is 20.4. The molecule has 1 aliphatic rings. The molecule has 8 heteroatoms. The number of nitrogens with zero attached hydrogens (tertiary/aromatic N) is 2. The first-order valence-electron chi connectivity index (χ1n) is 9.37. The number of amides is 2. The number of aromatic amines is 1. The lowest BCUT2D eigenvalue weighted by atomic mass is 10.1. The number of benzene rings is 2. The van der Waals surface area contributed by atoms with Crippen LogP contribution in [0, 0.1) is 5.82 Å². The van der Waals surface area contributed by atoms with Crippen LogP contribution in [-0.2, 0) is 6.54 Å². The van der Waals surface area contributed by atoms with Gasteiger partial charge in [-0.05, 0) is 42.0 Å². The summed E-state index contributed by atoms with van der Waals surface area (Å²) in [5, 5.41) is 9.35. The minimum Gasteiger partial charge on any atom is -0.351 e. The monoisotopic (exact) mass is 396 g/mol. The van der Waals surface area contributed by atoms with Gasteiger partial charge in [0.25, 0.3) is 11.8 Å². The van der Waals surface area contributed by atoms with Crippen LogP contribution < -0.4 is 5.48 Å². The topological polar surface area (TPSA) is 88.7 Å². The van der Waals surface area contributed by atoms with E-state index < -0.39 is 5.91 Å². The van der Waals surface area contributed by atoms with Crippen LogP contribution in [-0.4, -0.2) is 58.0 Å². The minimum absolute atomic E-state index is 0.0828. The van der Waals surface area contributed by atoms with Gasteiger partial charge in [0.2, 0.25) is 0 Å². The number of fused-ring (bicyclic) bond motifs is 1. The summed E-state index contributed by atoms with van der Waals surface area (Å²) in [5.74, 6) is -0.946. The Bertz CT molecular complexity index is 1040. The standard InChI is InChI=1S/C21H21FN4O3/c22-17-5-6-18-16(11-17)12-19(23-18)21(28)26-9-7-25(8-10-26)13-14-1-3-15(4-2-14)20(27)24-29/h1-6,11-12,23,29H,7-10,13H2,(H,24,27). The number of piperazine rings is 1. The highest BCUT2D eigenvalue weighted by Gasteiger charge is 2.23.